The molecule has 0 bridgehead atoms. The highest BCUT2D eigenvalue weighted by molar-refractivity contribution is 6.33. The molecule has 1 amide bonds. The third-order valence-corrected chi connectivity index (χ3v) is 2.75. The van der Waals surface area contributed by atoms with Crippen LogP contribution in [0.4, 0.5) is 8.78 Å². The first-order valence-corrected chi connectivity index (χ1v) is 5.92. The topological polar surface area (TPSA) is 66.4 Å². The van der Waals surface area contributed by atoms with Gasteiger partial charge in [0, 0.05) is 0 Å². The Morgan fingerprint density at radius 1 is 1.37 bits per heavy atom. The van der Waals surface area contributed by atoms with Crippen LogP contribution >= 0.6 is 11.6 Å². The molecule has 0 radical (unpaired) electrons. The molecule has 0 unspecified atom stereocenters. The summed E-state index contributed by atoms with van der Waals surface area (Å²) < 4.78 is 25.9. The quantitative estimate of drug-likeness (QED) is 0.820. The maximum Gasteiger partial charge on any atom is 0.326 e. The summed E-state index contributed by atoms with van der Waals surface area (Å²) in [7, 11) is 0. The van der Waals surface area contributed by atoms with Gasteiger partial charge in [0.2, 0.25) is 0 Å². The summed E-state index contributed by atoms with van der Waals surface area (Å²) in [5, 5.41) is 10.8. The van der Waals surface area contributed by atoms with E-state index in [9.17, 15) is 18.4 Å². The second-order valence-corrected chi connectivity index (χ2v) is 4.31. The average molecular weight is 292 g/mol. The third kappa shape index (κ3) is 3.89. The fourth-order valence-corrected chi connectivity index (χ4v) is 1.71. The summed E-state index contributed by atoms with van der Waals surface area (Å²) >= 11 is 5.62. The Labute approximate surface area is 113 Å². The minimum absolute atomic E-state index is 0.225. The smallest absolute Gasteiger partial charge is 0.326 e. The van der Waals surface area contributed by atoms with Crippen molar-refractivity contribution in [3.05, 3.63) is 34.4 Å². The largest absolute Gasteiger partial charge is 0.480 e. The molecule has 2 N–H and O–H groups in total. The zero-order valence-corrected chi connectivity index (χ0v) is 10.8. The Bertz CT molecular complexity index is 508. The molecular formula is C12H12ClF2NO3. The molecule has 0 heterocycles. The van der Waals surface area contributed by atoms with Gasteiger partial charge in [0.15, 0.2) is 11.6 Å². The zero-order chi connectivity index (χ0) is 14.6. The number of benzene rings is 1. The summed E-state index contributed by atoms with van der Waals surface area (Å²) in [5.74, 6) is -4.46. The van der Waals surface area contributed by atoms with Gasteiger partial charge in [-0.3, -0.25) is 4.79 Å². The van der Waals surface area contributed by atoms with E-state index in [1.165, 1.54) is 0 Å². The number of carboxylic acids is 1. The lowest BCUT2D eigenvalue weighted by atomic mass is 10.1. The van der Waals surface area contributed by atoms with E-state index >= 15 is 0 Å². The standard InChI is InChI=1S/C12H12ClF2NO3/c1-2-3-10(12(18)19)16-11(17)6-4-8(14)9(15)5-7(6)13/h4-5,10H,2-3H2,1H3,(H,16,17)(H,18,19)/t10-/m0/s1. The fraction of sp³-hybridized carbons (Fsp3) is 0.333. The second kappa shape index (κ2) is 6.47. The molecule has 0 aliphatic heterocycles. The summed E-state index contributed by atoms with van der Waals surface area (Å²) in [6.07, 6.45) is 0.769. The second-order valence-electron chi connectivity index (χ2n) is 3.90. The predicted octanol–water partition coefficient (Wildman–Crippen LogP) is 2.60. The normalized spacial score (nSPS) is 12.0. The van der Waals surface area contributed by atoms with Crippen molar-refractivity contribution in [1.29, 1.82) is 0 Å². The number of carbonyl (C=O) groups excluding carboxylic acids is 1. The molecule has 0 fully saturated rings. The first kappa shape index (κ1) is 15.4. The number of carbonyl (C=O) groups is 2. The third-order valence-electron chi connectivity index (χ3n) is 2.44. The molecule has 0 aliphatic rings. The highest BCUT2D eigenvalue weighted by Gasteiger charge is 2.22. The highest BCUT2D eigenvalue weighted by Crippen LogP contribution is 2.20. The molecule has 104 valence electrons. The van der Waals surface area contributed by atoms with Crippen molar-refractivity contribution in [1.82, 2.24) is 5.32 Å². The summed E-state index contributed by atoms with van der Waals surface area (Å²) in [6, 6.07) is 0.209. The SMILES string of the molecule is CCC[C@H](NC(=O)c1cc(F)c(F)cc1Cl)C(=O)O. The van der Waals surface area contributed by atoms with Crippen molar-refractivity contribution in [2.24, 2.45) is 0 Å². The van der Waals surface area contributed by atoms with Gasteiger partial charge >= 0.3 is 5.97 Å². The minimum Gasteiger partial charge on any atom is -0.480 e. The maximum atomic E-state index is 13.0. The Morgan fingerprint density at radius 3 is 2.47 bits per heavy atom. The molecule has 1 aromatic carbocycles. The van der Waals surface area contributed by atoms with Crippen LogP contribution in [0.15, 0.2) is 12.1 Å². The van der Waals surface area contributed by atoms with E-state index in [4.69, 9.17) is 16.7 Å². The van der Waals surface area contributed by atoms with Gasteiger partial charge in [0.25, 0.3) is 5.91 Å². The number of nitrogens with one attached hydrogen (secondary N) is 1. The molecule has 0 saturated heterocycles. The fourth-order valence-electron chi connectivity index (χ4n) is 1.48. The van der Waals surface area contributed by atoms with Crippen molar-refractivity contribution in [2.45, 2.75) is 25.8 Å². The van der Waals surface area contributed by atoms with E-state index in [1.54, 1.807) is 6.92 Å². The maximum absolute atomic E-state index is 13.0. The van der Waals surface area contributed by atoms with Gasteiger partial charge in [-0.2, -0.15) is 0 Å². The molecule has 1 rings (SSSR count). The molecule has 7 heteroatoms. The lowest BCUT2D eigenvalue weighted by molar-refractivity contribution is -0.139. The van der Waals surface area contributed by atoms with Crippen LogP contribution in [0, 0.1) is 11.6 Å². The first-order chi connectivity index (χ1) is 8.86. The van der Waals surface area contributed by atoms with E-state index in [1.807, 2.05) is 0 Å². The van der Waals surface area contributed by atoms with E-state index in [0.717, 1.165) is 0 Å². The Kier molecular flexibility index (Phi) is 5.23. The monoisotopic (exact) mass is 291 g/mol. The van der Waals surface area contributed by atoms with Crippen LogP contribution < -0.4 is 5.32 Å². The van der Waals surface area contributed by atoms with Gasteiger partial charge < -0.3 is 10.4 Å². The van der Waals surface area contributed by atoms with E-state index in [2.05, 4.69) is 5.32 Å². The molecule has 4 nitrogen and oxygen atoms in total. The van der Waals surface area contributed by atoms with Gasteiger partial charge in [-0.25, -0.2) is 13.6 Å². The van der Waals surface area contributed by atoms with Crippen molar-refractivity contribution >= 4 is 23.5 Å². The number of carboxylic acid groups (broad SMARTS) is 1. The Balaban J connectivity index is 2.94. The molecule has 0 spiro atoms. The van der Waals surface area contributed by atoms with Crippen molar-refractivity contribution in [2.75, 3.05) is 0 Å². The van der Waals surface area contributed by atoms with Crippen LogP contribution in [-0.2, 0) is 4.79 Å². The van der Waals surface area contributed by atoms with Crippen LogP contribution in [0.5, 0.6) is 0 Å². The molecule has 0 saturated carbocycles. The van der Waals surface area contributed by atoms with Crippen LogP contribution in [0.3, 0.4) is 0 Å². The molecule has 1 atom stereocenters. The van der Waals surface area contributed by atoms with Crippen molar-refractivity contribution in [3.8, 4) is 0 Å². The lowest BCUT2D eigenvalue weighted by Crippen LogP contribution is -2.40. The molecule has 19 heavy (non-hydrogen) atoms. The highest BCUT2D eigenvalue weighted by atomic mass is 35.5. The molecular weight excluding hydrogens is 280 g/mol. The molecule has 0 aliphatic carbocycles. The van der Waals surface area contributed by atoms with Crippen LogP contribution in [-0.4, -0.2) is 23.0 Å². The number of rotatable bonds is 5. The zero-order valence-electron chi connectivity index (χ0n) is 10.0. The predicted molar refractivity (Wildman–Crippen MR) is 65.2 cm³/mol. The van der Waals surface area contributed by atoms with Gasteiger partial charge in [-0.05, 0) is 18.6 Å². The summed E-state index contributed by atoms with van der Waals surface area (Å²) in [6.45, 7) is 1.76. The van der Waals surface area contributed by atoms with Crippen LogP contribution in [0.25, 0.3) is 0 Å². The number of aliphatic carboxylic acids is 1. The van der Waals surface area contributed by atoms with Gasteiger partial charge in [0.1, 0.15) is 6.04 Å². The molecule has 1 aromatic rings. The molecule has 0 aromatic heterocycles. The van der Waals surface area contributed by atoms with E-state index in [0.29, 0.717) is 18.6 Å². The average Bonchev–Trinajstić information content (AvgIpc) is 2.32. The number of halogens is 3. The van der Waals surface area contributed by atoms with Gasteiger partial charge in [0.05, 0.1) is 10.6 Å². The summed E-state index contributed by atoms with van der Waals surface area (Å²) in [4.78, 5) is 22.7. The van der Waals surface area contributed by atoms with E-state index < -0.39 is 29.6 Å². The Morgan fingerprint density at radius 2 is 1.95 bits per heavy atom. The number of hydrogen-bond donors (Lipinski definition) is 2. The lowest BCUT2D eigenvalue weighted by Gasteiger charge is -2.14. The summed E-state index contributed by atoms with van der Waals surface area (Å²) in [5.41, 5.74) is -0.303. The van der Waals surface area contributed by atoms with Gasteiger partial charge in [-0.1, -0.05) is 24.9 Å². The van der Waals surface area contributed by atoms with Crippen molar-refractivity contribution in [3.63, 3.8) is 0 Å². The number of hydrogen-bond acceptors (Lipinski definition) is 2. The van der Waals surface area contributed by atoms with Crippen LogP contribution in [0.1, 0.15) is 30.1 Å². The first-order valence-electron chi connectivity index (χ1n) is 5.55. The minimum atomic E-state index is -1.23. The van der Waals surface area contributed by atoms with Crippen molar-refractivity contribution < 1.29 is 23.5 Å². The van der Waals surface area contributed by atoms with Crippen LogP contribution in [0.2, 0.25) is 5.02 Å². The van der Waals surface area contributed by atoms with Gasteiger partial charge in [-0.15, -0.1) is 0 Å². The Hall–Kier alpha value is -1.69. The van der Waals surface area contributed by atoms with E-state index in [-0.39, 0.29) is 17.0 Å². The number of amides is 1.